The number of ether oxygens (including phenoxy) is 3. The van der Waals surface area contributed by atoms with Gasteiger partial charge in [-0.3, -0.25) is 9.59 Å². The number of methoxy groups -OCH3 is 3. The molecular formula is C21H22N2O6. The molecule has 0 radical (unpaired) electrons. The fourth-order valence-corrected chi connectivity index (χ4v) is 3.21. The van der Waals surface area contributed by atoms with Crippen molar-refractivity contribution >= 4 is 29.2 Å². The summed E-state index contributed by atoms with van der Waals surface area (Å²) in [5.41, 5.74) is 1.44. The minimum absolute atomic E-state index is 0.0941. The van der Waals surface area contributed by atoms with Crippen molar-refractivity contribution in [3.63, 3.8) is 0 Å². The maximum Gasteiger partial charge on any atom is 0.337 e. The predicted octanol–water partition coefficient (Wildman–Crippen LogP) is 2.48. The third-order valence-electron chi connectivity index (χ3n) is 4.73. The molecule has 0 saturated carbocycles. The van der Waals surface area contributed by atoms with Crippen molar-refractivity contribution < 1.29 is 28.6 Å². The van der Waals surface area contributed by atoms with Crippen molar-refractivity contribution in [1.82, 2.24) is 0 Å². The molecule has 29 heavy (non-hydrogen) atoms. The number of nitrogens with one attached hydrogen (secondary N) is 1. The number of benzene rings is 2. The first-order valence-corrected chi connectivity index (χ1v) is 8.98. The van der Waals surface area contributed by atoms with Crippen molar-refractivity contribution in [2.24, 2.45) is 5.92 Å². The third-order valence-corrected chi connectivity index (χ3v) is 4.73. The van der Waals surface area contributed by atoms with Gasteiger partial charge in [-0.1, -0.05) is 6.07 Å². The second kappa shape index (κ2) is 8.64. The monoisotopic (exact) mass is 398 g/mol. The molecule has 1 aliphatic rings. The van der Waals surface area contributed by atoms with Crippen LogP contribution in [-0.4, -0.2) is 45.7 Å². The van der Waals surface area contributed by atoms with E-state index >= 15 is 0 Å². The molecule has 8 heteroatoms. The summed E-state index contributed by atoms with van der Waals surface area (Å²) in [5, 5.41) is 2.77. The number of amides is 2. The van der Waals surface area contributed by atoms with Gasteiger partial charge in [0.05, 0.1) is 32.8 Å². The Morgan fingerprint density at radius 3 is 2.48 bits per heavy atom. The Hall–Kier alpha value is -3.55. The molecule has 0 bridgehead atoms. The number of nitrogens with zero attached hydrogens (tertiary/aromatic N) is 1. The summed E-state index contributed by atoms with van der Waals surface area (Å²) in [4.78, 5) is 38.3. The summed E-state index contributed by atoms with van der Waals surface area (Å²) >= 11 is 0. The Kier molecular flexibility index (Phi) is 6.01. The average molecular weight is 398 g/mol. The van der Waals surface area contributed by atoms with Gasteiger partial charge < -0.3 is 24.4 Å². The van der Waals surface area contributed by atoms with Crippen molar-refractivity contribution in [2.45, 2.75) is 6.42 Å². The van der Waals surface area contributed by atoms with Crippen LogP contribution in [0.1, 0.15) is 16.8 Å². The summed E-state index contributed by atoms with van der Waals surface area (Å²) in [5.74, 6) is -0.383. The lowest BCUT2D eigenvalue weighted by Crippen LogP contribution is -2.28. The van der Waals surface area contributed by atoms with Gasteiger partial charge in [-0.25, -0.2) is 4.79 Å². The first kappa shape index (κ1) is 20.2. The predicted molar refractivity (Wildman–Crippen MR) is 106 cm³/mol. The molecule has 1 N–H and O–H groups in total. The summed E-state index contributed by atoms with van der Waals surface area (Å²) < 4.78 is 15.2. The van der Waals surface area contributed by atoms with E-state index in [0.717, 1.165) is 0 Å². The van der Waals surface area contributed by atoms with Crippen molar-refractivity contribution in [3.8, 4) is 11.5 Å². The fourth-order valence-electron chi connectivity index (χ4n) is 3.21. The highest BCUT2D eigenvalue weighted by Crippen LogP contribution is 2.34. The van der Waals surface area contributed by atoms with Gasteiger partial charge in [0.2, 0.25) is 11.8 Å². The van der Waals surface area contributed by atoms with Gasteiger partial charge in [-0.15, -0.1) is 0 Å². The number of carbonyl (C=O) groups is 3. The first-order chi connectivity index (χ1) is 14.0. The van der Waals surface area contributed by atoms with E-state index in [4.69, 9.17) is 9.47 Å². The van der Waals surface area contributed by atoms with E-state index in [-0.39, 0.29) is 24.8 Å². The maximum absolute atomic E-state index is 12.7. The van der Waals surface area contributed by atoms with E-state index in [1.54, 1.807) is 41.3 Å². The average Bonchev–Trinajstić information content (AvgIpc) is 3.14. The maximum atomic E-state index is 12.7. The zero-order chi connectivity index (χ0) is 21.0. The largest absolute Gasteiger partial charge is 0.493 e. The van der Waals surface area contributed by atoms with E-state index in [1.165, 1.54) is 27.4 Å². The molecule has 3 rings (SSSR count). The second-order valence-corrected chi connectivity index (χ2v) is 6.51. The molecule has 1 atom stereocenters. The molecule has 2 aromatic rings. The summed E-state index contributed by atoms with van der Waals surface area (Å²) in [6, 6.07) is 11.6. The van der Waals surface area contributed by atoms with Gasteiger partial charge in [0, 0.05) is 30.4 Å². The van der Waals surface area contributed by atoms with Crippen LogP contribution in [0.3, 0.4) is 0 Å². The lowest BCUT2D eigenvalue weighted by Gasteiger charge is -2.18. The van der Waals surface area contributed by atoms with Crippen molar-refractivity contribution in [1.29, 1.82) is 0 Å². The molecule has 2 amide bonds. The summed E-state index contributed by atoms with van der Waals surface area (Å²) in [7, 11) is 4.35. The van der Waals surface area contributed by atoms with Crippen LogP contribution in [-0.2, 0) is 14.3 Å². The molecule has 152 valence electrons. The molecule has 1 aliphatic heterocycles. The molecular weight excluding hydrogens is 376 g/mol. The topological polar surface area (TPSA) is 94.2 Å². The highest BCUT2D eigenvalue weighted by Gasteiger charge is 2.35. The molecule has 0 aliphatic carbocycles. The number of esters is 1. The molecule has 8 nitrogen and oxygen atoms in total. The lowest BCUT2D eigenvalue weighted by molar-refractivity contribution is -0.122. The molecule has 1 unspecified atom stereocenters. The van der Waals surface area contributed by atoms with Crippen LogP contribution in [0, 0.1) is 5.92 Å². The van der Waals surface area contributed by atoms with Gasteiger partial charge in [0.15, 0.2) is 11.5 Å². The Balaban J connectivity index is 1.72. The van der Waals surface area contributed by atoms with Crippen molar-refractivity contribution in [2.75, 3.05) is 38.1 Å². The van der Waals surface area contributed by atoms with Gasteiger partial charge in [0.1, 0.15) is 0 Å². The normalized spacial score (nSPS) is 15.8. The van der Waals surface area contributed by atoms with Crippen LogP contribution in [0.15, 0.2) is 42.5 Å². The molecule has 1 saturated heterocycles. The summed E-state index contributed by atoms with van der Waals surface area (Å²) in [6.07, 6.45) is 0.0941. The summed E-state index contributed by atoms with van der Waals surface area (Å²) in [6.45, 7) is 0.247. The molecule has 1 fully saturated rings. The molecule has 0 aromatic heterocycles. The Morgan fingerprint density at radius 1 is 1.03 bits per heavy atom. The van der Waals surface area contributed by atoms with Crippen molar-refractivity contribution in [3.05, 3.63) is 48.0 Å². The third kappa shape index (κ3) is 4.31. The van der Waals surface area contributed by atoms with E-state index in [2.05, 4.69) is 10.1 Å². The number of carbonyl (C=O) groups excluding carboxylic acids is 3. The number of anilines is 2. The highest BCUT2D eigenvalue weighted by molar-refractivity contribution is 6.04. The van der Waals surface area contributed by atoms with E-state index in [0.29, 0.717) is 28.4 Å². The quantitative estimate of drug-likeness (QED) is 0.752. The SMILES string of the molecule is COC(=O)c1cccc(NC(=O)C2CC(=O)N(c3ccc(OC)c(OC)c3)C2)c1. The molecule has 1 heterocycles. The zero-order valence-corrected chi connectivity index (χ0v) is 16.4. The zero-order valence-electron chi connectivity index (χ0n) is 16.4. The standard InChI is InChI=1S/C21H22N2O6/c1-27-17-8-7-16(11-18(17)28-2)23-12-14(10-19(23)24)20(25)22-15-6-4-5-13(9-15)21(26)29-3/h4-9,11,14H,10,12H2,1-3H3,(H,22,25). The number of hydrogen-bond donors (Lipinski definition) is 1. The van der Waals surface area contributed by atoms with Crippen LogP contribution >= 0.6 is 0 Å². The van der Waals surface area contributed by atoms with Crippen LogP contribution < -0.4 is 19.7 Å². The Morgan fingerprint density at radius 2 is 1.79 bits per heavy atom. The van der Waals surface area contributed by atoms with Crippen LogP contribution in [0.4, 0.5) is 11.4 Å². The minimum atomic E-state index is -0.516. The van der Waals surface area contributed by atoms with Gasteiger partial charge >= 0.3 is 5.97 Å². The molecule has 2 aromatic carbocycles. The van der Waals surface area contributed by atoms with Crippen LogP contribution in [0.2, 0.25) is 0 Å². The highest BCUT2D eigenvalue weighted by atomic mass is 16.5. The van der Waals surface area contributed by atoms with Crippen LogP contribution in [0.25, 0.3) is 0 Å². The van der Waals surface area contributed by atoms with Crippen LogP contribution in [0.5, 0.6) is 11.5 Å². The fraction of sp³-hybridized carbons (Fsp3) is 0.286. The van der Waals surface area contributed by atoms with Gasteiger partial charge in [0.25, 0.3) is 0 Å². The first-order valence-electron chi connectivity index (χ1n) is 8.98. The number of hydrogen-bond acceptors (Lipinski definition) is 6. The van der Waals surface area contributed by atoms with E-state index in [9.17, 15) is 14.4 Å². The van der Waals surface area contributed by atoms with E-state index < -0.39 is 11.9 Å². The van der Waals surface area contributed by atoms with E-state index in [1.807, 2.05) is 0 Å². The second-order valence-electron chi connectivity index (χ2n) is 6.51. The Bertz CT molecular complexity index is 943. The van der Waals surface area contributed by atoms with Gasteiger partial charge in [-0.05, 0) is 30.3 Å². The number of rotatable bonds is 6. The smallest absolute Gasteiger partial charge is 0.337 e. The van der Waals surface area contributed by atoms with Gasteiger partial charge in [-0.2, -0.15) is 0 Å². The minimum Gasteiger partial charge on any atom is -0.493 e. The lowest BCUT2D eigenvalue weighted by atomic mass is 10.1. The molecule has 0 spiro atoms. The Labute approximate surface area is 168 Å².